The van der Waals surface area contributed by atoms with Gasteiger partial charge in [0.15, 0.2) is 6.54 Å². The number of methoxy groups -OCH3 is 1. The minimum Gasteiger partial charge on any atom is -0.497 e. The summed E-state index contributed by atoms with van der Waals surface area (Å²) < 4.78 is 5.35. The Balaban J connectivity index is 1.46. The smallest absolute Gasteiger partial charge is 0.278 e. The molecule has 1 unspecified atom stereocenters. The van der Waals surface area contributed by atoms with E-state index in [2.05, 4.69) is 12.1 Å². The third-order valence-electron chi connectivity index (χ3n) is 5.48. The zero-order valence-corrected chi connectivity index (χ0v) is 17.6. The summed E-state index contributed by atoms with van der Waals surface area (Å²) in [7, 11) is 1.69. The number of hydrogen-bond donors (Lipinski definition) is 1. The monoisotopic (exact) mass is 417 g/mol. The minimum atomic E-state index is 0.0264. The molecule has 2 aromatic carbocycles. The fourth-order valence-electron chi connectivity index (χ4n) is 3.84. The van der Waals surface area contributed by atoms with Crippen molar-refractivity contribution < 1.29 is 14.4 Å². The van der Waals surface area contributed by atoms with Crippen LogP contribution in [0.1, 0.15) is 29.3 Å². The summed E-state index contributed by atoms with van der Waals surface area (Å²) in [6.45, 7) is 2.17. The Morgan fingerprint density at radius 3 is 2.82 bits per heavy atom. The van der Waals surface area contributed by atoms with Gasteiger partial charge in [-0.05, 0) is 18.2 Å². The first-order valence-corrected chi connectivity index (χ1v) is 11.2. The van der Waals surface area contributed by atoms with Crippen molar-refractivity contribution in [3.63, 3.8) is 0 Å². The Morgan fingerprint density at radius 1 is 1.25 bits per heavy atom. The highest BCUT2D eigenvalue weighted by molar-refractivity contribution is 7.99. The van der Waals surface area contributed by atoms with Crippen molar-refractivity contribution in [1.82, 2.24) is 4.90 Å². The van der Waals surface area contributed by atoms with Gasteiger partial charge in [0.05, 0.1) is 13.2 Å². The molecule has 0 bridgehead atoms. The fraction of sp³-hybridized carbons (Fsp3) is 0.409. The Bertz CT molecular complexity index is 843. The van der Waals surface area contributed by atoms with Crippen LogP contribution in [0.3, 0.4) is 0 Å². The van der Waals surface area contributed by atoms with E-state index in [1.54, 1.807) is 18.9 Å². The molecule has 4 rings (SSSR count). The maximum Gasteiger partial charge on any atom is 0.278 e. The van der Waals surface area contributed by atoms with Crippen molar-refractivity contribution in [3.8, 4) is 5.75 Å². The molecule has 2 aliphatic rings. The summed E-state index contributed by atoms with van der Waals surface area (Å²) in [6, 6.07) is 16.6. The molecule has 1 heterocycles. The second kappa shape index (κ2) is 8.76. The van der Waals surface area contributed by atoms with Gasteiger partial charge < -0.3 is 14.5 Å². The van der Waals surface area contributed by atoms with Crippen molar-refractivity contribution in [2.45, 2.75) is 30.8 Å². The lowest BCUT2D eigenvalue weighted by molar-refractivity contribution is -0.917. The number of carbonyl (C=O) groups is 1. The van der Waals surface area contributed by atoms with E-state index in [1.165, 1.54) is 23.3 Å². The largest absolute Gasteiger partial charge is 0.497 e. The highest BCUT2D eigenvalue weighted by Crippen LogP contribution is 2.40. The van der Waals surface area contributed by atoms with Crippen molar-refractivity contribution in [2.75, 3.05) is 26.0 Å². The van der Waals surface area contributed by atoms with Crippen LogP contribution in [-0.2, 0) is 11.3 Å². The van der Waals surface area contributed by atoms with Gasteiger partial charge in [-0.1, -0.05) is 41.9 Å². The fourth-order valence-corrected chi connectivity index (χ4v) is 5.46. The third kappa shape index (κ3) is 4.48. The highest BCUT2D eigenvalue weighted by Gasteiger charge is 2.38. The third-order valence-corrected chi connectivity index (χ3v) is 7.07. The zero-order valence-electron chi connectivity index (χ0n) is 16.1. The van der Waals surface area contributed by atoms with Gasteiger partial charge in [-0.3, -0.25) is 4.79 Å². The molecule has 6 heteroatoms. The Kier molecular flexibility index (Phi) is 6.14. The number of amides is 1. The van der Waals surface area contributed by atoms with E-state index >= 15 is 0 Å². The van der Waals surface area contributed by atoms with Crippen molar-refractivity contribution in [1.29, 1.82) is 0 Å². The van der Waals surface area contributed by atoms with Crippen LogP contribution in [0.2, 0.25) is 5.02 Å². The van der Waals surface area contributed by atoms with E-state index in [4.69, 9.17) is 16.3 Å². The van der Waals surface area contributed by atoms with Gasteiger partial charge in [0, 0.05) is 41.3 Å². The Morgan fingerprint density at radius 2 is 2.07 bits per heavy atom. The topological polar surface area (TPSA) is 34.0 Å². The molecule has 0 radical (unpaired) electrons. The van der Waals surface area contributed by atoms with Gasteiger partial charge in [-0.15, -0.1) is 11.8 Å². The average Bonchev–Trinajstić information content (AvgIpc) is 3.44. The molecule has 1 aliphatic heterocycles. The van der Waals surface area contributed by atoms with Gasteiger partial charge in [0.25, 0.3) is 5.91 Å². The van der Waals surface area contributed by atoms with Gasteiger partial charge in [-0.2, -0.15) is 0 Å². The molecule has 1 aliphatic carbocycles. The first kappa shape index (κ1) is 19.6. The number of ether oxygens (including phenoxy) is 1. The molecule has 1 N–H and O–H groups in total. The first-order chi connectivity index (χ1) is 13.7. The number of nitrogens with one attached hydrogen (secondary N) is 1. The quantitative estimate of drug-likeness (QED) is 0.751. The number of hydrogen-bond acceptors (Lipinski definition) is 3. The summed E-state index contributed by atoms with van der Waals surface area (Å²) in [6.07, 6.45) is 2.41. The second-order valence-corrected chi connectivity index (χ2v) is 9.06. The summed E-state index contributed by atoms with van der Waals surface area (Å²) in [5.74, 6) is 2.05. The zero-order chi connectivity index (χ0) is 19.5. The van der Waals surface area contributed by atoms with Gasteiger partial charge >= 0.3 is 0 Å². The van der Waals surface area contributed by atoms with E-state index in [1.807, 2.05) is 41.3 Å². The molecule has 2 atom stereocenters. The van der Waals surface area contributed by atoms with E-state index in [9.17, 15) is 4.79 Å². The average molecular weight is 418 g/mol. The molecule has 0 spiro atoms. The standard InChI is InChI=1S/C22H25ClN2O2S/c1-27-18-6-4-5-16(13-18)14-24(17-9-10-17)15-21(26)25-11-12-28-22(25)19-7-2-3-8-20(19)23/h2-8,13,17,22H,9-12,14-15H2,1H3/p+1/t22-/m0/s1. The van der Waals surface area contributed by atoms with Crippen LogP contribution in [0.5, 0.6) is 5.75 Å². The van der Waals surface area contributed by atoms with Gasteiger partial charge in [0.1, 0.15) is 17.7 Å². The SMILES string of the molecule is COc1cccc(C[NH+](CC(=O)N2CCS[C@H]2c2ccccc2Cl)C2CC2)c1. The van der Waals surface area contributed by atoms with Gasteiger partial charge in [-0.25, -0.2) is 0 Å². The first-order valence-electron chi connectivity index (χ1n) is 9.78. The molecule has 1 saturated heterocycles. The maximum atomic E-state index is 13.2. The predicted molar refractivity (Wildman–Crippen MR) is 114 cm³/mol. The van der Waals surface area contributed by atoms with Crippen LogP contribution in [0, 0.1) is 0 Å². The van der Waals surface area contributed by atoms with Crippen molar-refractivity contribution >= 4 is 29.3 Å². The number of benzene rings is 2. The lowest BCUT2D eigenvalue weighted by atomic mass is 10.2. The number of nitrogens with zero attached hydrogens (tertiary/aromatic N) is 1. The maximum absolute atomic E-state index is 13.2. The molecule has 1 amide bonds. The summed E-state index contributed by atoms with van der Waals surface area (Å²) in [5, 5.41) is 0.765. The molecule has 4 nitrogen and oxygen atoms in total. The number of carbonyl (C=O) groups excluding carboxylic acids is 1. The molecule has 1 saturated carbocycles. The van der Waals surface area contributed by atoms with Crippen LogP contribution in [0.4, 0.5) is 0 Å². The lowest BCUT2D eigenvalue weighted by Crippen LogP contribution is -3.13. The molecule has 0 aromatic heterocycles. The van der Waals surface area contributed by atoms with Gasteiger partial charge in [0.2, 0.25) is 0 Å². The Hall–Kier alpha value is -1.69. The summed E-state index contributed by atoms with van der Waals surface area (Å²) in [5.41, 5.74) is 2.26. The van der Waals surface area contributed by atoms with Crippen LogP contribution in [0.15, 0.2) is 48.5 Å². The number of rotatable bonds is 7. The van der Waals surface area contributed by atoms with Crippen LogP contribution >= 0.6 is 23.4 Å². The van der Waals surface area contributed by atoms with E-state index in [0.29, 0.717) is 12.6 Å². The highest BCUT2D eigenvalue weighted by atomic mass is 35.5. The number of thioether (sulfide) groups is 1. The van der Waals surface area contributed by atoms with Crippen molar-refractivity contribution in [3.05, 3.63) is 64.7 Å². The number of halogens is 1. The second-order valence-electron chi connectivity index (χ2n) is 7.47. The van der Waals surface area contributed by atoms with Crippen LogP contribution < -0.4 is 9.64 Å². The minimum absolute atomic E-state index is 0.0264. The summed E-state index contributed by atoms with van der Waals surface area (Å²) in [4.78, 5) is 16.6. The molecule has 2 aromatic rings. The summed E-state index contributed by atoms with van der Waals surface area (Å²) >= 11 is 8.21. The van der Waals surface area contributed by atoms with Crippen molar-refractivity contribution in [2.24, 2.45) is 0 Å². The lowest BCUT2D eigenvalue weighted by Gasteiger charge is -2.27. The molecule has 2 fully saturated rings. The molecular weight excluding hydrogens is 392 g/mol. The molecule has 28 heavy (non-hydrogen) atoms. The number of quaternary nitrogens is 1. The van der Waals surface area contributed by atoms with Crippen LogP contribution in [0.25, 0.3) is 0 Å². The molecule has 148 valence electrons. The normalized spacial score (nSPS) is 20.2. The van der Waals surface area contributed by atoms with E-state index in [-0.39, 0.29) is 11.3 Å². The van der Waals surface area contributed by atoms with Crippen LogP contribution in [-0.4, -0.2) is 42.8 Å². The van der Waals surface area contributed by atoms with E-state index in [0.717, 1.165) is 35.2 Å². The van der Waals surface area contributed by atoms with E-state index < -0.39 is 0 Å². The Labute approximate surface area is 175 Å². The molecular formula is C22H26ClN2O2S+. The predicted octanol–water partition coefficient (Wildman–Crippen LogP) is 3.17.